The molecule has 1 saturated carbocycles. The lowest BCUT2D eigenvalue weighted by Gasteiger charge is -2.30. The number of anilines is 3. The molecule has 0 atom stereocenters. The fraction of sp³-hybridized carbons (Fsp3) is 0.417. The van der Waals surface area contributed by atoms with Gasteiger partial charge in [-0.2, -0.15) is 0 Å². The van der Waals surface area contributed by atoms with Crippen molar-refractivity contribution in [3.8, 4) is 0 Å². The maximum Gasteiger partial charge on any atom is 0.230 e. The van der Waals surface area contributed by atoms with Gasteiger partial charge in [-0.05, 0) is 68.0 Å². The zero-order valence-electron chi connectivity index (χ0n) is 17.2. The fourth-order valence-electron chi connectivity index (χ4n) is 4.48. The molecule has 1 N–H and O–H groups in total. The molecule has 2 aromatic rings. The second kappa shape index (κ2) is 8.27. The minimum Gasteiger partial charge on any atom is -0.378 e. The van der Waals surface area contributed by atoms with E-state index in [9.17, 15) is 9.59 Å². The molecule has 1 heterocycles. The summed E-state index contributed by atoms with van der Waals surface area (Å²) in [5, 5.41) is 3.04. The van der Waals surface area contributed by atoms with E-state index in [1.54, 1.807) is 0 Å². The Balaban J connectivity index is 1.31. The maximum atomic E-state index is 13.0. The zero-order chi connectivity index (χ0) is 20.4. The summed E-state index contributed by atoms with van der Waals surface area (Å²) in [6, 6.07) is 16.1. The molecule has 0 radical (unpaired) electrons. The third kappa shape index (κ3) is 4.14. The summed E-state index contributed by atoms with van der Waals surface area (Å²) in [6.45, 7) is 0.779. The van der Waals surface area contributed by atoms with Crippen molar-refractivity contribution >= 4 is 28.9 Å². The van der Waals surface area contributed by atoms with Gasteiger partial charge in [0.2, 0.25) is 11.8 Å². The highest BCUT2D eigenvalue weighted by atomic mass is 16.2. The normalized spacial score (nSPS) is 20.8. The minimum absolute atomic E-state index is 0.0153. The molecule has 2 amide bonds. The molecule has 29 heavy (non-hydrogen) atoms. The average molecular weight is 392 g/mol. The molecule has 152 valence electrons. The zero-order valence-corrected chi connectivity index (χ0v) is 17.2. The van der Waals surface area contributed by atoms with Crippen LogP contribution in [0.5, 0.6) is 0 Å². The number of carbonyl (C=O) groups is 2. The van der Waals surface area contributed by atoms with Crippen LogP contribution in [-0.4, -0.2) is 32.5 Å². The Morgan fingerprint density at radius 2 is 1.59 bits per heavy atom. The van der Waals surface area contributed by atoms with E-state index in [-0.39, 0.29) is 23.7 Å². The van der Waals surface area contributed by atoms with Crippen molar-refractivity contribution in [1.82, 2.24) is 0 Å². The molecule has 1 aliphatic carbocycles. The van der Waals surface area contributed by atoms with Crippen molar-refractivity contribution < 1.29 is 9.59 Å². The Morgan fingerprint density at radius 1 is 0.931 bits per heavy atom. The number of para-hydroxylation sites is 1. The Morgan fingerprint density at radius 3 is 2.28 bits per heavy atom. The summed E-state index contributed by atoms with van der Waals surface area (Å²) in [5.74, 6) is 0.316. The molecule has 1 aliphatic heterocycles. The summed E-state index contributed by atoms with van der Waals surface area (Å²) in [5.41, 5.74) is 4.26. The van der Waals surface area contributed by atoms with E-state index in [1.807, 2.05) is 66.4 Å². The van der Waals surface area contributed by atoms with E-state index >= 15 is 0 Å². The molecule has 0 spiro atoms. The van der Waals surface area contributed by atoms with Crippen molar-refractivity contribution in [3.05, 3.63) is 54.1 Å². The number of amides is 2. The van der Waals surface area contributed by atoms with Crippen molar-refractivity contribution in [2.24, 2.45) is 11.8 Å². The Bertz CT molecular complexity index is 883. The first-order valence-corrected chi connectivity index (χ1v) is 10.5. The van der Waals surface area contributed by atoms with Crippen LogP contribution in [0.4, 0.5) is 17.1 Å². The van der Waals surface area contributed by atoms with E-state index in [0.29, 0.717) is 0 Å². The van der Waals surface area contributed by atoms with E-state index < -0.39 is 0 Å². The lowest BCUT2D eigenvalue weighted by molar-refractivity contribution is -0.126. The van der Waals surface area contributed by atoms with Crippen molar-refractivity contribution in [2.45, 2.75) is 32.1 Å². The van der Waals surface area contributed by atoms with Gasteiger partial charge in [0.25, 0.3) is 0 Å². The van der Waals surface area contributed by atoms with Crippen LogP contribution >= 0.6 is 0 Å². The maximum absolute atomic E-state index is 13.0. The van der Waals surface area contributed by atoms with Crippen LogP contribution in [0.15, 0.2) is 48.5 Å². The van der Waals surface area contributed by atoms with Crippen LogP contribution in [0.25, 0.3) is 0 Å². The lowest BCUT2D eigenvalue weighted by atomic mass is 9.81. The van der Waals surface area contributed by atoms with Crippen molar-refractivity contribution in [2.75, 3.05) is 35.8 Å². The third-order valence-electron chi connectivity index (χ3n) is 6.25. The number of nitrogens with zero attached hydrogens (tertiary/aromatic N) is 2. The molecule has 0 bridgehead atoms. The number of fused-ring (bicyclic) bond motifs is 1. The topological polar surface area (TPSA) is 52.7 Å². The summed E-state index contributed by atoms with van der Waals surface area (Å²) in [4.78, 5) is 29.7. The van der Waals surface area contributed by atoms with Crippen LogP contribution in [0.3, 0.4) is 0 Å². The predicted molar refractivity (Wildman–Crippen MR) is 117 cm³/mol. The monoisotopic (exact) mass is 391 g/mol. The SMILES string of the molecule is CN(C)c1ccc(NC(=O)C2CCC(C(=O)N3CCc4ccccc43)CC2)cc1. The average Bonchev–Trinajstić information content (AvgIpc) is 3.18. The molecule has 2 aliphatic rings. The van der Waals surface area contributed by atoms with Gasteiger partial charge in [-0.25, -0.2) is 0 Å². The molecule has 5 heteroatoms. The van der Waals surface area contributed by atoms with Crippen LogP contribution in [0, 0.1) is 11.8 Å². The highest BCUT2D eigenvalue weighted by Crippen LogP contribution is 2.35. The van der Waals surface area contributed by atoms with Gasteiger partial charge in [0.1, 0.15) is 0 Å². The first-order valence-electron chi connectivity index (χ1n) is 10.5. The van der Waals surface area contributed by atoms with E-state index in [2.05, 4.69) is 11.4 Å². The molecule has 0 aromatic heterocycles. The largest absolute Gasteiger partial charge is 0.378 e. The number of benzene rings is 2. The van der Waals surface area contributed by atoms with Gasteiger partial charge in [-0.15, -0.1) is 0 Å². The summed E-state index contributed by atoms with van der Waals surface area (Å²) in [7, 11) is 3.99. The van der Waals surface area contributed by atoms with Crippen molar-refractivity contribution in [1.29, 1.82) is 0 Å². The van der Waals surface area contributed by atoms with Crippen LogP contribution in [-0.2, 0) is 16.0 Å². The highest BCUT2D eigenvalue weighted by Gasteiger charge is 2.34. The molecule has 1 fully saturated rings. The molecule has 0 unspecified atom stereocenters. The molecular formula is C24H29N3O2. The van der Waals surface area contributed by atoms with Crippen LogP contribution < -0.4 is 15.1 Å². The molecule has 0 saturated heterocycles. The van der Waals surface area contributed by atoms with Gasteiger partial charge < -0.3 is 15.1 Å². The van der Waals surface area contributed by atoms with Gasteiger partial charge in [0.15, 0.2) is 0 Å². The summed E-state index contributed by atoms with van der Waals surface area (Å²) in [6.07, 6.45) is 4.05. The molecule has 4 rings (SSSR count). The first kappa shape index (κ1) is 19.5. The second-order valence-electron chi connectivity index (χ2n) is 8.35. The molecule has 5 nitrogen and oxygen atoms in total. The molecule has 2 aromatic carbocycles. The number of rotatable bonds is 4. The first-order chi connectivity index (χ1) is 14.0. The van der Waals surface area contributed by atoms with E-state index in [4.69, 9.17) is 0 Å². The van der Waals surface area contributed by atoms with Gasteiger partial charge in [-0.3, -0.25) is 9.59 Å². The summed E-state index contributed by atoms with van der Waals surface area (Å²) < 4.78 is 0. The minimum atomic E-state index is -0.0153. The number of nitrogens with one attached hydrogen (secondary N) is 1. The number of hydrogen-bond donors (Lipinski definition) is 1. The predicted octanol–water partition coefficient (Wildman–Crippen LogP) is 4.09. The van der Waals surface area contributed by atoms with E-state index in [1.165, 1.54) is 5.56 Å². The number of carbonyl (C=O) groups excluding carboxylic acids is 2. The standard InChI is InChI=1S/C24H29N3O2/c1-26(2)21-13-11-20(12-14-21)25-23(28)18-7-9-19(10-8-18)24(29)27-16-15-17-5-3-4-6-22(17)27/h3-6,11-14,18-19H,7-10,15-16H2,1-2H3,(H,25,28). The van der Waals surface area contributed by atoms with E-state index in [0.717, 1.165) is 55.7 Å². The summed E-state index contributed by atoms with van der Waals surface area (Å²) >= 11 is 0. The fourth-order valence-corrected chi connectivity index (χ4v) is 4.48. The lowest BCUT2D eigenvalue weighted by Crippen LogP contribution is -2.38. The van der Waals surface area contributed by atoms with Crippen LogP contribution in [0.1, 0.15) is 31.2 Å². The van der Waals surface area contributed by atoms with Crippen molar-refractivity contribution in [3.63, 3.8) is 0 Å². The van der Waals surface area contributed by atoms with Gasteiger partial charge >= 0.3 is 0 Å². The van der Waals surface area contributed by atoms with Gasteiger partial charge in [0.05, 0.1) is 0 Å². The third-order valence-corrected chi connectivity index (χ3v) is 6.25. The second-order valence-corrected chi connectivity index (χ2v) is 8.35. The highest BCUT2D eigenvalue weighted by molar-refractivity contribution is 5.97. The Kier molecular flexibility index (Phi) is 5.56. The van der Waals surface area contributed by atoms with Crippen LogP contribution in [0.2, 0.25) is 0 Å². The molecular weight excluding hydrogens is 362 g/mol. The van der Waals surface area contributed by atoms with Gasteiger partial charge in [-0.1, -0.05) is 18.2 Å². The quantitative estimate of drug-likeness (QED) is 0.854. The Hall–Kier alpha value is -2.82. The Labute approximate surface area is 172 Å². The van der Waals surface area contributed by atoms with Gasteiger partial charge in [0, 0.05) is 49.5 Å². The number of hydrogen-bond acceptors (Lipinski definition) is 3. The smallest absolute Gasteiger partial charge is 0.230 e.